The molecule has 2 N–H and O–H groups in total. The zero-order chi connectivity index (χ0) is 16.5. The maximum absolute atomic E-state index is 9.53. The number of H-pyrrole nitrogens is 1. The summed E-state index contributed by atoms with van der Waals surface area (Å²) in [5.74, 6) is 0.947. The number of rotatable bonds is 3. The third-order valence-corrected chi connectivity index (χ3v) is 4.16. The van der Waals surface area contributed by atoms with Crippen LogP contribution in [0.5, 0.6) is 0 Å². The van der Waals surface area contributed by atoms with E-state index < -0.39 is 0 Å². The normalized spacial score (nSPS) is 10.8. The molecule has 116 valence electrons. The second-order valence-corrected chi connectivity index (χ2v) is 5.74. The molecule has 0 aliphatic carbocycles. The van der Waals surface area contributed by atoms with E-state index in [1.807, 2.05) is 55.6 Å². The Hall–Kier alpha value is -3.39. The van der Waals surface area contributed by atoms with Crippen LogP contribution in [-0.2, 0) is 6.54 Å². The fourth-order valence-corrected chi connectivity index (χ4v) is 3.00. The van der Waals surface area contributed by atoms with Gasteiger partial charge in [-0.15, -0.1) is 0 Å². The number of aromatic amines is 1. The first-order valence-corrected chi connectivity index (χ1v) is 7.77. The number of hydrogen-bond acceptors (Lipinski definition) is 3. The van der Waals surface area contributed by atoms with Crippen LogP contribution in [0.15, 0.2) is 54.9 Å². The number of pyridine rings is 2. The molecule has 4 aromatic rings. The molecular weight excluding hydrogens is 298 g/mol. The summed E-state index contributed by atoms with van der Waals surface area (Å²) in [6.45, 7) is 2.63. The van der Waals surface area contributed by atoms with Crippen LogP contribution in [0.2, 0.25) is 0 Å². The van der Waals surface area contributed by atoms with Crippen molar-refractivity contribution >= 4 is 22.5 Å². The van der Waals surface area contributed by atoms with Crippen LogP contribution in [0.3, 0.4) is 0 Å². The van der Waals surface area contributed by atoms with E-state index in [0.29, 0.717) is 12.1 Å². The molecule has 1 aromatic carbocycles. The average molecular weight is 314 g/mol. The van der Waals surface area contributed by atoms with Crippen molar-refractivity contribution in [1.82, 2.24) is 9.97 Å². The summed E-state index contributed by atoms with van der Waals surface area (Å²) in [5, 5.41) is 13.0. The molecule has 0 saturated heterocycles. The molecule has 3 heterocycles. The van der Waals surface area contributed by atoms with Crippen molar-refractivity contribution in [3.05, 3.63) is 71.5 Å². The molecule has 0 aliphatic rings. The van der Waals surface area contributed by atoms with E-state index in [9.17, 15) is 5.26 Å². The van der Waals surface area contributed by atoms with E-state index in [1.165, 1.54) is 0 Å². The summed E-state index contributed by atoms with van der Waals surface area (Å²) < 4.78 is 2.07. The number of nitriles is 1. The van der Waals surface area contributed by atoms with Crippen LogP contribution in [-0.4, -0.2) is 9.97 Å². The number of fused-ring (bicyclic) bond motifs is 3. The molecule has 5 nitrogen and oxygen atoms in total. The predicted octanol–water partition coefficient (Wildman–Crippen LogP) is 3.09. The topological polar surface area (TPSA) is 68.6 Å². The SMILES string of the molecule is Cc1cc(NCc2cccnc2)[n+]2c([nH]c3ccccc32)c1C#N. The minimum absolute atomic E-state index is 0.665. The molecule has 0 spiro atoms. The van der Waals surface area contributed by atoms with Gasteiger partial charge in [0.2, 0.25) is 11.5 Å². The largest absolute Gasteiger partial charge is 0.301 e. The summed E-state index contributed by atoms with van der Waals surface area (Å²) in [6, 6.07) is 16.3. The highest BCUT2D eigenvalue weighted by atomic mass is 15.1. The van der Waals surface area contributed by atoms with E-state index in [-0.39, 0.29) is 0 Å². The number of para-hydroxylation sites is 2. The maximum Gasteiger partial charge on any atom is 0.250 e. The van der Waals surface area contributed by atoms with Crippen molar-refractivity contribution in [3.8, 4) is 6.07 Å². The van der Waals surface area contributed by atoms with Gasteiger partial charge in [0.15, 0.2) is 0 Å². The Bertz CT molecular complexity index is 1070. The number of imidazole rings is 1. The molecule has 0 bridgehead atoms. The number of benzene rings is 1. The highest BCUT2D eigenvalue weighted by Gasteiger charge is 2.20. The smallest absolute Gasteiger partial charge is 0.250 e. The van der Waals surface area contributed by atoms with Crippen molar-refractivity contribution in [2.45, 2.75) is 13.5 Å². The Morgan fingerprint density at radius 3 is 2.92 bits per heavy atom. The van der Waals surface area contributed by atoms with Gasteiger partial charge in [0.1, 0.15) is 22.7 Å². The van der Waals surface area contributed by atoms with E-state index >= 15 is 0 Å². The number of nitrogens with zero attached hydrogens (tertiary/aromatic N) is 3. The van der Waals surface area contributed by atoms with Gasteiger partial charge < -0.3 is 5.32 Å². The Morgan fingerprint density at radius 2 is 2.12 bits per heavy atom. The van der Waals surface area contributed by atoms with Crippen molar-refractivity contribution in [1.29, 1.82) is 5.26 Å². The molecule has 4 rings (SSSR count). The lowest BCUT2D eigenvalue weighted by atomic mass is 10.1. The lowest BCUT2D eigenvalue weighted by Gasteiger charge is -2.06. The van der Waals surface area contributed by atoms with Crippen LogP contribution in [0.4, 0.5) is 5.82 Å². The van der Waals surface area contributed by atoms with E-state index in [0.717, 1.165) is 33.6 Å². The molecule has 0 radical (unpaired) electrons. The van der Waals surface area contributed by atoms with E-state index in [4.69, 9.17) is 0 Å². The predicted molar refractivity (Wildman–Crippen MR) is 92.5 cm³/mol. The quantitative estimate of drug-likeness (QED) is 0.571. The second kappa shape index (κ2) is 5.67. The van der Waals surface area contributed by atoms with Crippen LogP contribution >= 0.6 is 0 Å². The van der Waals surface area contributed by atoms with Crippen molar-refractivity contribution in [2.24, 2.45) is 0 Å². The van der Waals surface area contributed by atoms with Gasteiger partial charge in [-0.25, -0.2) is 0 Å². The van der Waals surface area contributed by atoms with Gasteiger partial charge >= 0.3 is 0 Å². The van der Waals surface area contributed by atoms with Gasteiger partial charge in [0.25, 0.3) is 0 Å². The summed E-state index contributed by atoms with van der Waals surface area (Å²) in [7, 11) is 0. The minimum Gasteiger partial charge on any atom is -0.301 e. The molecule has 5 heteroatoms. The first-order chi connectivity index (χ1) is 11.8. The number of nitrogens with one attached hydrogen (secondary N) is 2. The first kappa shape index (κ1) is 14.2. The highest BCUT2D eigenvalue weighted by molar-refractivity contribution is 5.77. The molecule has 0 fully saturated rings. The second-order valence-electron chi connectivity index (χ2n) is 5.74. The lowest BCUT2D eigenvalue weighted by Crippen LogP contribution is -2.27. The molecule has 24 heavy (non-hydrogen) atoms. The number of aryl methyl sites for hydroxylation is 1. The minimum atomic E-state index is 0.665. The lowest BCUT2D eigenvalue weighted by molar-refractivity contribution is -0.465. The maximum atomic E-state index is 9.53. The van der Waals surface area contributed by atoms with Gasteiger partial charge in [-0.05, 0) is 30.7 Å². The van der Waals surface area contributed by atoms with Crippen LogP contribution in [0.1, 0.15) is 16.7 Å². The fraction of sp³-hybridized carbons (Fsp3) is 0.105. The standard InChI is InChI=1S/C19H15N5/c1-13-9-18(22-12-14-5-4-8-21-11-14)24-17-7-3-2-6-16(17)23-19(24)15(13)10-20/h2-9,11H,12H2,1H3,(H,22,23)/p+1. The van der Waals surface area contributed by atoms with Crippen LogP contribution < -0.4 is 9.72 Å². The molecule has 0 aliphatic heterocycles. The van der Waals surface area contributed by atoms with Gasteiger partial charge in [0.05, 0.1) is 6.54 Å². The highest BCUT2D eigenvalue weighted by Crippen LogP contribution is 2.20. The zero-order valence-corrected chi connectivity index (χ0v) is 13.2. The number of hydrogen-bond donors (Lipinski definition) is 2. The molecule has 3 aromatic heterocycles. The van der Waals surface area contributed by atoms with E-state index in [2.05, 4.69) is 25.8 Å². The van der Waals surface area contributed by atoms with Gasteiger partial charge in [0, 0.05) is 24.0 Å². The number of aromatic nitrogens is 3. The van der Waals surface area contributed by atoms with Crippen LogP contribution in [0.25, 0.3) is 16.7 Å². The molecular formula is C19H16N5+. The molecule has 0 unspecified atom stereocenters. The third kappa shape index (κ3) is 2.25. The van der Waals surface area contributed by atoms with Crippen molar-refractivity contribution < 1.29 is 4.40 Å². The average Bonchev–Trinajstić information content (AvgIpc) is 3.00. The summed E-state index contributed by atoms with van der Waals surface area (Å²) in [6.07, 6.45) is 3.61. The Balaban J connectivity index is 1.90. The van der Waals surface area contributed by atoms with Gasteiger partial charge in [-0.2, -0.15) is 9.66 Å². The third-order valence-electron chi connectivity index (χ3n) is 4.16. The fourth-order valence-electron chi connectivity index (χ4n) is 3.00. The van der Waals surface area contributed by atoms with Gasteiger partial charge in [-0.3, -0.25) is 9.97 Å². The molecule has 0 amide bonds. The van der Waals surface area contributed by atoms with Crippen LogP contribution in [0, 0.1) is 18.3 Å². The zero-order valence-electron chi connectivity index (χ0n) is 13.2. The Labute approximate surface area is 139 Å². The number of anilines is 1. The molecule has 0 saturated carbocycles. The summed E-state index contributed by atoms with van der Waals surface area (Å²) in [4.78, 5) is 7.51. The van der Waals surface area contributed by atoms with Gasteiger partial charge in [-0.1, -0.05) is 18.2 Å². The monoisotopic (exact) mass is 314 g/mol. The first-order valence-electron chi connectivity index (χ1n) is 7.77. The summed E-state index contributed by atoms with van der Waals surface area (Å²) in [5.41, 5.74) is 5.57. The summed E-state index contributed by atoms with van der Waals surface area (Å²) >= 11 is 0. The van der Waals surface area contributed by atoms with Crippen molar-refractivity contribution in [3.63, 3.8) is 0 Å². The Kier molecular flexibility index (Phi) is 3.36. The van der Waals surface area contributed by atoms with E-state index in [1.54, 1.807) is 6.20 Å². The van der Waals surface area contributed by atoms with Crippen molar-refractivity contribution in [2.75, 3.05) is 5.32 Å². The molecule has 0 atom stereocenters. The Morgan fingerprint density at radius 1 is 1.25 bits per heavy atom.